The number of benzene rings is 1. The number of nitrogens with zero attached hydrogens (tertiary/aromatic N) is 1. The fourth-order valence-corrected chi connectivity index (χ4v) is 2.74. The van der Waals surface area contributed by atoms with Gasteiger partial charge in [-0.05, 0) is 31.0 Å². The van der Waals surface area contributed by atoms with E-state index in [0.29, 0.717) is 10.9 Å². The van der Waals surface area contributed by atoms with E-state index >= 15 is 0 Å². The first kappa shape index (κ1) is 12.8. The summed E-state index contributed by atoms with van der Waals surface area (Å²) in [6, 6.07) is 3.06. The van der Waals surface area contributed by atoms with E-state index in [1.54, 1.807) is 7.05 Å². The summed E-state index contributed by atoms with van der Waals surface area (Å²) >= 11 is 3.41. The molecule has 18 heavy (non-hydrogen) atoms. The topological polar surface area (TPSA) is 59.3 Å². The van der Waals surface area contributed by atoms with Crippen molar-refractivity contribution in [1.29, 1.82) is 0 Å². The summed E-state index contributed by atoms with van der Waals surface area (Å²) in [5.41, 5.74) is 2.09. The van der Waals surface area contributed by atoms with Gasteiger partial charge >= 0.3 is 5.97 Å². The highest BCUT2D eigenvalue weighted by Crippen LogP contribution is 2.30. The molecule has 0 aliphatic rings. The standard InChI is InChI=1S/C13H12BrNO3/c1-6-4-9(14)7(2)11-8(13(17)18)5-10(16)15(3)12(6)11/h4-5H,1-3H3,(H,17,18). The van der Waals surface area contributed by atoms with E-state index in [9.17, 15) is 14.7 Å². The van der Waals surface area contributed by atoms with Crippen LogP contribution in [0.2, 0.25) is 0 Å². The second-order valence-electron chi connectivity index (χ2n) is 4.28. The largest absolute Gasteiger partial charge is 0.478 e. The van der Waals surface area contributed by atoms with Crippen molar-refractivity contribution >= 4 is 32.8 Å². The molecule has 4 nitrogen and oxygen atoms in total. The first-order valence-electron chi connectivity index (χ1n) is 5.37. The molecule has 0 spiro atoms. The fourth-order valence-electron chi connectivity index (χ4n) is 2.19. The van der Waals surface area contributed by atoms with Crippen molar-refractivity contribution in [3.8, 4) is 0 Å². The Bertz CT molecular complexity index is 731. The van der Waals surface area contributed by atoms with Crippen LogP contribution in [0.15, 0.2) is 21.4 Å². The van der Waals surface area contributed by atoms with Crippen LogP contribution in [0, 0.1) is 13.8 Å². The summed E-state index contributed by atoms with van der Waals surface area (Å²) in [5, 5.41) is 9.85. The number of aromatic carboxylic acids is 1. The minimum absolute atomic E-state index is 0.0509. The van der Waals surface area contributed by atoms with Crippen molar-refractivity contribution in [1.82, 2.24) is 4.57 Å². The number of pyridine rings is 1. The van der Waals surface area contributed by atoms with E-state index in [2.05, 4.69) is 15.9 Å². The number of carboxylic acid groups (broad SMARTS) is 1. The van der Waals surface area contributed by atoms with Crippen LogP contribution < -0.4 is 5.56 Å². The molecule has 0 fully saturated rings. The minimum atomic E-state index is -1.08. The minimum Gasteiger partial charge on any atom is -0.478 e. The summed E-state index contributed by atoms with van der Waals surface area (Å²) in [4.78, 5) is 23.1. The van der Waals surface area contributed by atoms with E-state index in [4.69, 9.17) is 0 Å². The Kier molecular flexibility index (Phi) is 3.02. The zero-order valence-corrected chi connectivity index (χ0v) is 11.8. The molecular weight excluding hydrogens is 298 g/mol. The molecule has 1 aromatic carbocycles. The maximum absolute atomic E-state index is 11.8. The predicted octanol–water partition coefficient (Wildman–Crippen LogP) is 2.62. The molecule has 0 bridgehead atoms. The number of aryl methyl sites for hydroxylation is 3. The SMILES string of the molecule is Cc1c(Br)cc(C)c2c1c(C(=O)O)cc(=O)n2C. The van der Waals surface area contributed by atoms with Gasteiger partial charge in [-0.2, -0.15) is 0 Å². The Balaban J connectivity index is 3.19. The van der Waals surface area contributed by atoms with Gasteiger partial charge in [-0.3, -0.25) is 4.79 Å². The predicted molar refractivity (Wildman–Crippen MR) is 73.3 cm³/mol. The molecule has 1 heterocycles. The van der Waals surface area contributed by atoms with E-state index in [0.717, 1.165) is 15.6 Å². The van der Waals surface area contributed by atoms with E-state index in [1.807, 2.05) is 19.9 Å². The monoisotopic (exact) mass is 309 g/mol. The number of carboxylic acids is 1. The van der Waals surface area contributed by atoms with Crippen molar-refractivity contribution in [2.75, 3.05) is 0 Å². The molecule has 1 aromatic heterocycles. The van der Waals surface area contributed by atoms with Gasteiger partial charge in [0.2, 0.25) is 0 Å². The van der Waals surface area contributed by atoms with Gasteiger partial charge in [-0.15, -0.1) is 0 Å². The van der Waals surface area contributed by atoms with Crippen LogP contribution in [0.1, 0.15) is 21.5 Å². The van der Waals surface area contributed by atoms with E-state index in [1.165, 1.54) is 10.6 Å². The number of hydrogen-bond donors (Lipinski definition) is 1. The molecule has 0 saturated carbocycles. The summed E-state index contributed by atoms with van der Waals surface area (Å²) in [6.07, 6.45) is 0. The average Bonchev–Trinajstić information content (AvgIpc) is 2.28. The van der Waals surface area contributed by atoms with Gasteiger partial charge < -0.3 is 9.67 Å². The van der Waals surface area contributed by atoms with E-state index in [-0.39, 0.29) is 11.1 Å². The average molecular weight is 310 g/mol. The molecule has 0 radical (unpaired) electrons. The summed E-state index contributed by atoms with van der Waals surface area (Å²) < 4.78 is 2.32. The molecule has 0 amide bonds. The first-order valence-corrected chi connectivity index (χ1v) is 6.16. The summed E-state index contributed by atoms with van der Waals surface area (Å²) in [5.74, 6) is -1.08. The molecular formula is C13H12BrNO3. The first-order chi connectivity index (χ1) is 8.34. The quantitative estimate of drug-likeness (QED) is 0.881. The van der Waals surface area contributed by atoms with Gasteiger partial charge in [0.1, 0.15) is 0 Å². The van der Waals surface area contributed by atoms with Crippen LogP contribution in [0.25, 0.3) is 10.9 Å². The Hall–Kier alpha value is -1.62. The third-order valence-electron chi connectivity index (χ3n) is 3.12. The number of hydrogen-bond acceptors (Lipinski definition) is 2. The lowest BCUT2D eigenvalue weighted by Gasteiger charge is -2.14. The maximum atomic E-state index is 11.8. The van der Waals surface area contributed by atoms with Crippen LogP contribution >= 0.6 is 15.9 Å². The number of halogens is 1. The van der Waals surface area contributed by atoms with Crippen LogP contribution in [0.3, 0.4) is 0 Å². The second kappa shape index (κ2) is 4.24. The molecule has 0 aliphatic carbocycles. The number of aromatic nitrogens is 1. The number of rotatable bonds is 1. The third kappa shape index (κ3) is 1.75. The van der Waals surface area contributed by atoms with Gasteiger partial charge in [0, 0.05) is 23.0 Å². The van der Waals surface area contributed by atoms with E-state index < -0.39 is 5.97 Å². The zero-order valence-electron chi connectivity index (χ0n) is 10.2. The van der Waals surface area contributed by atoms with Crippen LogP contribution in [0.4, 0.5) is 0 Å². The number of carbonyl (C=O) groups is 1. The smallest absolute Gasteiger partial charge is 0.336 e. The van der Waals surface area contributed by atoms with Gasteiger partial charge in [0.15, 0.2) is 0 Å². The molecule has 2 aromatic rings. The van der Waals surface area contributed by atoms with Gasteiger partial charge in [0.05, 0.1) is 11.1 Å². The molecule has 1 N–H and O–H groups in total. The Morgan fingerprint density at radius 2 is 1.94 bits per heavy atom. The van der Waals surface area contributed by atoms with Crippen molar-refractivity contribution in [3.05, 3.63) is 43.6 Å². The van der Waals surface area contributed by atoms with Crippen molar-refractivity contribution in [2.45, 2.75) is 13.8 Å². The Morgan fingerprint density at radius 3 is 2.50 bits per heavy atom. The Morgan fingerprint density at radius 1 is 1.33 bits per heavy atom. The molecule has 0 unspecified atom stereocenters. The number of fused-ring (bicyclic) bond motifs is 1. The van der Waals surface area contributed by atoms with Crippen molar-refractivity contribution in [3.63, 3.8) is 0 Å². The summed E-state index contributed by atoms with van der Waals surface area (Å²) in [7, 11) is 1.65. The van der Waals surface area contributed by atoms with Gasteiger partial charge in [-0.1, -0.05) is 15.9 Å². The lowest BCUT2D eigenvalue weighted by Crippen LogP contribution is -2.20. The summed E-state index contributed by atoms with van der Waals surface area (Å²) in [6.45, 7) is 3.69. The molecule has 2 rings (SSSR count). The molecule has 0 saturated heterocycles. The van der Waals surface area contributed by atoms with Crippen LogP contribution in [-0.4, -0.2) is 15.6 Å². The van der Waals surface area contributed by atoms with Gasteiger partial charge in [0.25, 0.3) is 5.56 Å². The van der Waals surface area contributed by atoms with Crippen molar-refractivity contribution < 1.29 is 9.90 Å². The zero-order chi connectivity index (χ0) is 13.6. The highest BCUT2D eigenvalue weighted by molar-refractivity contribution is 9.10. The van der Waals surface area contributed by atoms with Crippen LogP contribution in [-0.2, 0) is 7.05 Å². The highest BCUT2D eigenvalue weighted by atomic mass is 79.9. The Labute approximate surface area is 112 Å². The van der Waals surface area contributed by atoms with Gasteiger partial charge in [-0.25, -0.2) is 4.79 Å². The molecule has 5 heteroatoms. The van der Waals surface area contributed by atoms with Crippen molar-refractivity contribution in [2.24, 2.45) is 7.05 Å². The molecule has 94 valence electrons. The highest BCUT2D eigenvalue weighted by Gasteiger charge is 2.17. The fraction of sp³-hybridized carbons (Fsp3) is 0.231. The molecule has 0 atom stereocenters. The normalized spacial score (nSPS) is 10.9. The third-order valence-corrected chi connectivity index (χ3v) is 3.94. The lowest BCUT2D eigenvalue weighted by molar-refractivity contribution is 0.0698. The second-order valence-corrected chi connectivity index (χ2v) is 5.14. The maximum Gasteiger partial charge on any atom is 0.336 e. The lowest BCUT2D eigenvalue weighted by atomic mass is 10.0. The van der Waals surface area contributed by atoms with Crippen LogP contribution in [0.5, 0.6) is 0 Å². The molecule has 0 aliphatic heterocycles.